The highest BCUT2D eigenvalue weighted by Gasteiger charge is 2.29. The van der Waals surface area contributed by atoms with Crippen molar-refractivity contribution in [1.29, 1.82) is 0 Å². The summed E-state index contributed by atoms with van der Waals surface area (Å²) in [5.41, 5.74) is 2.28. The molecule has 3 heteroatoms. The van der Waals surface area contributed by atoms with Gasteiger partial charge in [-0.15, -0.1) is 0 Å². The van der Waals surface area contributed by atoms with Gasteiger partial charge in [0.1, 0.15) is 0 Å². The lowest BCUT2D eigenvalue weighted by Gasteiger charge is -2.02. The van der Waals surface area contributed by atoms with Gasteiger partial charge < -0.3 is 10.3 Å². The van der Waals surface area contributed by atoms with Crippen LogP contribution in [-0.2, 0) is 11.3 Å². The van der Waals surface area contributed by atoms with Crippen molar-refractivity contribution in [3.05, 3.63) is 36.0 Å². The van der Waals surface area contributed by atoms with Gasteiger partial charge in [-0.1, -0.05) is 18.2 Å². The van der Waals surface area contributed by atoms with Crippen LogP contribution in [0.1, 0.15) is 18.4 Å². The van der Waals surface area contributed by atoms with Crippen LogP contribution in [0.2, 0.25) is 0 Å². The lowest BCUT2D eigenvalue weighted by Crippen LogP contribution is -2.23. The van der Waals surface area contributed by atoms with Gasteiger partial charge in [-0.25, -0.2) is 0 Å². The highest BCUT2D eigenvalue weighted by molar-refractivity contribution is 5.84. The van der Waals surface area contributed by atoms with E-state index in [1.807, 2.05) is 24.4 Å². The average molecular weight is 214 g/mol. The van der Waals surface area contributed by atoms with Gasteiger partial charge in [0.05, 0.1) is 0 Å². The van der Waals surface area contributed by atoms with E-state index in [0.29, 0.717) is 6.54 Å². The van der Waals surface area contributed by atoms with Gasteiger partial charge in [0.2, 0.25) is 5.91 Å². The van der Waals surface area contributed by atoms with E-state index in [0.717, 1.165) is 23.9 Å². The van der Waals surface area contributed by atoms with Crippen LogP contribution in [0.5, 0.6) is 0 Å². The molecule has 2 aromatic rings. The summed E-state index contributed by atoms with van der Waals surface area (Å²) in [4.78, 5) is 14.7. The number of rotatable bonds is 3. The first-order valence-corrected chi connectivity index (χ1v) is 5.67. The van der Waals surface area contributed by atoms with Crippen LogP contribution in [-0.4, -0.2) is 10.9 Å². The Morgan fingerprint density at radius 1 is 1.38 bits per heavy atom. The largest absolute Gasteiger partial charge is 0.361 e. The number of benzene rings is 1. The molecule has 82 valence electrons. The van der Waals surface area contributed by atoms with Crippen LogP contribution in [0, 0.1) is 5.92 Å². The second-order valence-electron chi connectivity index (χ2n) is 4.35. The Kier molecular flexibility index (Phi) is 2.17. The number of carbonyl (C=O) groups is 1. The van der Waals surface area contributed by atoms with Crippen LogP contribution < -0.4 is 5.32 Å². The molecule has 0 spiro atoms. The number of hydrogen-bond donors (Lipinski definition) is 2. The third kappa shape index (κ3) is 1.69. The van der Waals surface area contributed by atoms with E-state index < -0.39 is 0 Å². The zero-order valence-electron chi connectivity index (χ0n) is 8.99. The summed E-state index contributed by atoms with van der Waals surface area (Å²) in [5.74, 6) is 0.482. The number of para-hydroxylation sites is 1. The second kappa shape index (κ2) is 3.67. The molecule has 3 nitrogen and oxygen atoms in total. The minimum atomic E-state index is 0.199. The first kappa shape index (κ1) is 9.46. The summed E-state index contributed by atoms with van der Waals surface area (Å²) >= 11 is 0. The van der Waals surface area contributed by atoms with Gasteiger partial charge in [0.25, 0.3) is 0 Å². The van der Waals surface area contributed by atoms with Gasteiger partial charge in [-0.2, -0.15) is 0 Å². The zero-order chi connectivity index (χ0) is 11.0. The van der Waals surface area contributed by atoms with Crippen molar-refractivity contribution in [2.45, 2.75) is 19.4 Å². The minimum absolute atomic E-state index is 0.199. The minimum Gasteiger partial charge on any atom is -0.361 e. The molecule has 0 aliphatic heterocycles. The Morgan fingerprint density at radius 3 is 3.00 bits per heavy atom. The number of carbonyl (C=O) groups excluding carboxylic acids is 1. The first-order valence-electron chi connectivity index (χ1n) is 5.67. The predicted octanol–water partition coefficient (Wildman–Crippen LogP) is 2.19. The van der Waals surface area contributed by atoms with Crippen molar-refractivity contribution in [2.75, 3.05) is 0 Å². The molecule has 0 atom stereocenters. The van der Waals surface area contributed by atoms with E-state index in [4.69, 9.17) is 0 Å². The quantitative estimate of drug-likeness (QED) is 0.808. The number of aromatic nitrogens is 1. The standard InChI is InChI=1S/C13H14N2O/c16-13(9-5-6-9)15-8-10-7-14-12-4-2-1-3-11(10)12/h1-4,7,9,14H,5-6,8H2,(H,15,16). The van der Waals surface area contributed by atoms with Crippen molar-refractivity contribution in [1.82, 2.24) is 10.3 Å². The predicted molar refractivity (Wildman–Crippen MR) is 62.9 cm³/mol. The van der Waals surface area contributed by atoms with E-state index in [-0.39, 0.29) is 11.8 Å². The Bertz CT molecular complexity index is 525. The highest BCUT2D eigenvalue weighted by Crippen LogP contribution is 2.29. The lowest BCUT2D eigenvalue weighted by molar-refractivity contribution is -0.122. The summed E-state index contributed by atoms with van der Waals surface area (Å²) < 4.78 is 0. The summed E-state index contributed by atoms with van der Waals surface area (Å²) in [6.45, 7) is 0.624. The molecule has 1 heterocycles. The molecule has 1 aromatic carbocycles. The van der Waals surface area contributed by atoms with Crippen LogP contribution in [0.3, 0.4) is 0 Å². The number of amides is 1. The number of nitrogens with one attached hydrogen (secondary N) is 2. The van der Waals surface area contributed by atoms with Crippen molar-refractivity contribution in [2.24, 2.45) is 5.92 Å². The molecule has 3 rings (SSSR count). The highest BCUT2D eigenvalue weighted by atomic mass is 16.2. The second-order valence-corrected chi connectivity index (χ2v) is 4.35. The normalized spacial score (nSPS) is 15.2. The van der Waals surface area contributed by atoms with Crippen molar-refractivity contribution >= 4 is 16.8 Å². The average Bonchev–Trinajstić information content (AvgIpc) is 3.08. The summed E-state index contributed by atoms with van der Waals surface area (Å²) in [6.07, 6.45) is 4.08. The molecule has 1 aliphatic carbocycles. The van der Waals surface area contributed by atoms with Crippen molar-refractivity contribution in [3.8, 4) is 0 Å². The van der Waals surface area contributed by atoms with Crippen molar-refractivity contribution in [3.63, 3.8) is 0 Å². The molecule has 1 aliphatic rings. The first-order chi connectivity index (χ1) is 7.84. The van der Waals surface area contributed by atoms with E-state index >= 15 is 0 Å². The van der Waals surface area contributed by atoms with Crippen LogP contribution in [0.4, 0.5) is 0 Å². The van der Waals surface area contributed by atoms with Crippen LogP contribution >= 0.6 is 0 Å². The zero-order valence-corrected chi connectivity index (χ0v) is 8.99. The fourth-order valence-electron chi connectivity index (χ4n) is 1.95. The summed E-state index contributed by atoms with van der Waals surface area (Å²) in [6, 6.07) is 8.14. The topological polar surface area (TPSA) is 44.9 Å². The SMILES string of the molecule is O=C(NCc1c[nH]c2ccccc12)C1CC1. The molecule has 2 N–H and O–H groups in total. The van der Waals surface area contributed by atoms with E-state index in [9.17, 15) is 4.79 Å². The van der Waals surface area contributed by atoms with Gasteiger partial charge >= 0.3 is 0 Å². The molecule has 0 saturated heterocycles. The van der Waals surface area contributed by atoms with Crippen LogP contribution in [0.15, 0.2) is 30.5 Å². The van der Waals surface area contributed by atoms with E-state index in [1.165, 1.54) is 5.39 Å². The maximum atomic E-state index is 11.5. The molecule has 1 aromatic heterocycles. The molecule has 0 bridgehead atoms. The maximum Gasteiger partial charge on any atom is 0.223 e. The van der Waals surface area contributed by atoms with Crippen molar-refractivity contribution < 1.29 is 4.79 Å². The fourth-order valence-corrected chi connectivity index (χ4v) is 1.95. The smallest absolute Gasteiger partial charge is 0.223 e. The molecule has 1 amide bonds. The molecular weight excluding hydrogens is 200 g/mol. The monoisotopic (exact) mass is 214 g/mol. The molecule has 0 unspecified atom stereocenters. The third-order valence-corrected chi connectivity index (χ3v) is 3.08. The summed E-state index contributed by atoms with van der Waals surface area (Å²) in [7, 11) is 0. The number of aromatic amines is 1. The van der Waals surface area contributed by atoms with Gasteiger partial charge in [0, 0.05) is 29.6 Å². The molecule has 1 saturated carbocycles. The number of hydrogen-bond acceptors (Lipinski definition) is 1. The summed E-state index contributed by atoms with van der Waals surface area (Å²) in [5, 5.41) is 4.17. The Hall–Kier alpha value is -1.77. The molecule has 1 fully saturated rings. The van der Waals surface area contributed by atoms with Gasteiger partial charge in [0.15, 0.2) is 0 Å². The Labute approximate surface area is 93.9 Å². The molecule has 0 radical (unpaired) electrons. The number of fused-ring (bicyclic) bond motifs is 1. The maximum absolute atomic E-state index is 11.5. The van der Waals surface area contributed by atoms with Crippen LogP contribution in [0.25, 0.3) is 10.9 Å². The van der Waals surface area contributed by atoms with E-state index in [1.54, 1.807) is 0 Å². The van der Waals surface area contributed by atoms with E-state index in [2.05, 4.69) is 16.4 Å². The van der Waals surface area contributed by atoms with Gasteiger partial charge in [-0.05, 0) is 24.5 Å². The lowest BCUT2D eigenvalue weighted by atomic mass is 10.2. The number of H-pyrrole nitrogens is 1. The Balaban J connectivity index is 1.76. The van der Waals surface area contributed by atoms with Gasteiger partial charge in [-0.3, -0.25) is 4.79 Å². The fraction of sp³-hybridized carbons (Fsp3) is 0.308. The molecular formula is C13H14N2O. The third-order valence-electron chi connectivity index (χ3n) is 3.08. The Morgan fingerprint density at radius 2 is 2.19 bits per heavy atom. The molecule has 16 heavy (non-hydrogen) atoms.